The molecule has 0 fully saturated rings. The normalized spacial score (nSPS) is 15.7. The van der Waals surface area contributed by atoms with Gasteiger partial charge >= 0.3 is 0 Å². The molecule has 9 nitrogen and oxygen atoms in total. The van der Waals surface area contributed by atoms with E-state index in [2.05, 4.69) is 20.3 Å². The predicted molar refractivity (Wildman–Crippen MR) is 109 cm³/mol. The lowest BCUT2D eigenvalue weighted by Gasteiger charge is -2.19. The summed E-state index contributed by atoms with van der Waals surface area (Å²) in [7, 11) is 1.47. The molecular formula is C20H18ClN5O4. The molecule has 10 heteroatoms. The van der Waals surface area contributed by atoms with Gasteiger partial charge in [0.05, 0.1) is 43.8 Å². The van der Waals surface area contributed by atoms with Crippen molar-refractivity contribution in [3.8, 4) is 17.1 Å². The van der Waals surface area contributed by atoms with E-state index in [1.54, 1.807) is 24.4 Å². The Hall–Kier alpha value is -3.30. The third kappa shape index (κ3) is 4.03. The molecular weight excluding hydrogens is 410 g/mol. The molecule has 0 radical (unpaired) electrons. The number of carbonyl (C=O) groups excluding carboxylic acids is 1. The van der Waals surface area contributed by atoms with Crippen LogP contribution in [0.5, 0.6) is 5.75 Å². The molecule has 1 amide bonds. The van der Waals surface area contributed by atoms with Crippen molar-refractivity contribution in [2.75, 3.05) is 20.3 Å². The highest BCUT2D eigenvalue weighted by Crippen LogP contribution is 2.24. The van der Waals surface area contributed by atoms with Gasteiger partial charge in [-0.25, -0.2) is 15.0 Å². The largest absolute Gasteiger partial charge is 0.496 e. The zero-order valence-corrected chi connectivity index (χ0v) is 16.8. The van der Waals surface area contributed by atoms with Crippen LogP contribution < -0.4 is 15.6 Å². The molecule has 1 N–H and O–H groups in total. The molecule has 154 valence electrons. The topological polar surface area (TPSA) is 108 Å². The smallest absolute Gasteiger partial charge is 0.255 e. The third-order valence-electron chi connectivity index (χ3n) is 4.65. The lowest BCUT2D eigenvalue weighted by molar-refractivity contribution is 0.0853. The molecule has 1 unspecified atom stereocenters. The Balaban J connectivity index is 1.72. The number of benzene rings is 1. The molecule has 4 rings (SSSR count). The number of ether oxygens (including phenoxy) is 2. The maximum absolute atomic E-state index is 13.0. The van der Waals surface area contributed by atoms with Crippen molar-refractivity contribution >= 4 is 17.5 Å². The first-order valence-electron chi connectivity index (χ1n) is 9.17. The highest BCUT2D eigenvalue weighted by atomic mass is 35.5. The number of hydrogen-bond acceptors (Lipinski definition) is 7. The van der Waals surface area contributed by atoms with Crippen LogP contribution in [0.1, 0.15) is 22.2 Å². The monoisotopic (exact) mass is 427 g/mol. The fourth-order valence-electron chi connectivity index (χ4n) is 3.22. The van der Waals surface area contributed by atoms with Crippen LogP contribution in [-0.2, 0) is 11.3 Å². The number of nitrogens with one attached hydrogen (secondary N) is 1. The number of methoxy groups -OCH3 is 1. The van der Waals surface area contributed by atoms with Crippen LogP contribution in [-0.4, -0.2) is 45.7 Å². The fraction of sp³-hybridized carbons (Fsp3) is 0.250. The average Bonchev–Trinajstić information content (AvgIpc) is 2.97. The number of aromatic nitrogens is 4. The van der Waals surface area contributed by atoms with Gasteiger partial charge in [0.15, 0.2) is 0 Å². The molecule has 1 aliphatic heterocycles. The highest BCUT2D eigenvalue weighted by Gasteiger charge is 2.26. The lowest BCUT2D eigenvalue weighted by Crippen LogP contribution is -2.35. The minimum atomic E-state index is -0.654. The Morgan fingerprint density at radius 2 is 2.17 bits per heavy atom. The quantitative estimate of drug-likeness (QED) is 0.677. The van der Waals surface area contributed by atoms with Crippen LogP contribution in [0.4, 0.5) is 0 Å². The first-order chi connectivity index (χ1) is 14.6. The number of rotatable bonds is 4. The van der Waals surface area contributed by atoms with Crippen LogP contribution in [0, 0.1) is 0 Å². The third-order valence-corrected chi connectivity index (χ3v) is 4.88. The Morgan fingerprint density at radius 1 is 1.30 bits per heavy atom. The summed E-state index contributed by atoms with van der Waals surface area (Å²) in [5.41, 5.74) is 0.932. The van der Waals surface area contributed by atoms with E-state index in [1.165, 1.54) is 30.1 Å². The van der Waals surface area contributed by atoms with Crippen LogP contribution >= 0.6 is 11.6 Å². The predicted octanol–water partition coefficient (Wildman–Crippen LogP) is 1.86. The molecule has 0 saturated heterocycles. The summed E-state index contributed by atoms with van der Waals surface area (Å²) in [6.07, 6.45) is 2.95. The molecule has 2 aromatic heterocycles. The Morgan fingerprint density at radius 3 is 2.93 bits per heavy atom. The highest BCUT2D eigenvalue weighted by molar-refractivity contribution is 6.31. The van der Waals surface area contributed by atoms with Gasteiger partial charge in [-0.1, -0.05) is 11.6 Å². The van der Waals surface area contributed by atoms with E-state index in [1.807, 2.05) is 0 Å². The molecule has 1 aromatic carbocycles. The Kier molecular flexibility index (Phi) is 5.73. The second kappa shape index (κ2) is 8.60. The van der Waals surface area contributed by atoms with Gasteiger partial charge in [-0.15, -0.1) is 0 Å². The summed E-state index contributed by atoms with van der Waals surface area (Å²) in [5.74, 6) is 0.354. The fourth-order valence-corrected chi connectivity index (χ4v) is 3.39. The summed E-state index contributed by atoms with van der Waals surface area (Å²) < 4.78 is 12.4. The molecule has 3 heterocycles. The molecule has 1 aliphatic rings. The zero-order valence-electron chi connectivity index (χ0n) is 16.0. The van der Waals surface area contributed by atoms with Gasteiger partial charge in [0.2, 0.25) is 0 Å². The number of nitrogens with zero attached hydrogens (tertiary/aromatic N) is 4. The summed E-state index contributed by atoms with van der Waals surface area (Å²) >= 11 is 6.05. The number of amides is 1. The number of halogens is 1. The van der Waals surface area contributed by atoms with Crippen molar-refractivity contribution in [3.05, 3.63) is 69.6 Å². The first kappa shape index (κ1) is 20.0. The molecule has 3 aromatic rings. The summed E-state index contributed by atoms with van der Waals surface area (Å²) in [4.78, 5) is 38.4. The van der Waals surface area contributed by atoms with E-state index < -0.39 is 11.9 Å². The van der Waals surface area contributed by atoms with Gasteiger partial charge in [-0.05, 0) is 24.3 Å². The van der Waals surface area contributed by atoms with E-state index in [0.29, 0.717) is 41.1 Å². The summed E-state index contributed by atoms with van der Waals surface area (Å²) in [6, 6.07) is 7.19. The molecule has 0 saturated carbocycles. The minimum Gasteiger partial charge on any atom is -0.496 e. The number of fused-ring (bicyclic) bond motifs is 1. The van der Waals surface area contributed by atoms with Crippen molar-refractivity contribution in [2.24, 2.45) is 0 Å². The molecule has 1 atom stereocenters. The van der Waals surface area contributed by atoms with Crippen molar-refractivity contribution in [2.45, 2.75) is 12.6 Å². The second-order valence-corrected chi connectivity index (χ2v) is 6.97. The van der Waals surface area contributed by atoms with Gasteiger partial charge in [0.1, 0.15) is 23.9 Å². The number of hydrogen-bond donors (Lipinski definition) is 1. The van der Waals surface area contributed by atoms with Gasteiger partial charge in [-0.3, -0.25) is 14.2 Å². The van der Waals surface area contributed by atoms with Crippen molar-refractivity contribution in [1.29, 1.82) is 0 Å². The number of carbonyl (C=O) groups is 1. The molecule has 0 bridgehead atoms. The van der Waals surface area contributed by atoms with Gasteiger partial charge in [0, 0.05) is 17.3 Å². The van der Waals surface area contributed by atoms with Gasteiger partial charge in [-0.2, -0.15) is 0 Å². The van der Waals surface area contributed by atoms with E-state index in [-0.39, 0.29) is 17.7 Å². The van der Waals surface area contributed by atoms with Crippen LogP contribution in [0.3, 0.4) is 0 Å². The van der Waals surface area contributed by atoms with E-state index >= 15 is 0 Å². The summed E-state index contributed by atoms with van der Waals surface area (Å²) in [6.45, 7) is 0.820. The van der Waals surface area contributed by atoms with Crippen molar-refractivity contribution in [3.63, 3.8) is 0 Å². The minimum absolute atomic E-state index is 0.161. The van der Waals surface area contributed by atoms with E-state index in [0.717, 1.165) is 0 Å². The maximum Gasteiger partial charge on any atom is 0.255 e. The zero-order chi connectivity index (χ0) is 21.1. The van der Waals surface area contributed by atoms with Crippen molar-refractivity contribution in [1.82, 2.24) is 24.8 Å². The van der Waals surface area contributed by atoms with Gasteiger partial charge in [0.25, 0.3) is 11.5 Å². The van der Waals surface area contributed by atoms with Crippen LogP contribution in [0.15, 0.2) is 47.7 Å². The lowest BCUT2D eigenvalue weighted by atomic mass is 10.1. The molecule has 30 heavy (non-hydrogen) atoms. The van der Waals surface area contributed by atoms with Gasteiger partial charge < -0.3 is 14.8 Å². The standard InChI is InChI=1S/C20H18ClN5O4/c1-29-17-3-2-12(21)8-13(17)20(28)25-16-10-30-7-6-26-18(27)9-15(24-19(16)26)14-4-5-22-11-23-14/h2-5,8-9,11,16H,6-7,10H2,1H3,(H,25,28). The Labute approximate surface area is 176 Å². The SMILES string of the molecule is COc1ccc(Cl)cc1C(=O)NC1COCCn2c1nc(-c1ccncn1)cc2=O. The maximum atomic E-state index is 13.0. The van der Waals surface area contributed by atoms with E-state index in [9.17, 15) is 9.59 Å². The summed E-state index contributed by atoms with van der Waals surface area (Å²) in [5, 5.41) is 3.28. The van der Waals surface area contributed by atoms with E-state index in [4.69, 9.17) is 21.1 Å². The second-order valence-electron chi connectivity index (χ2n) is 6.53. The first-order valence-corrected chi connectivity index (χ1v) is 9.55. The van der Waals surface area contributed by atoms with Crippen molar-refractivity contribution < 1.29 is 14.3 Å². The van der Waals surface area contributed by atoms with Crippen LogP contribution in [0.25, 0.3) is 11.4 Å². The molecule has 0 spiro atoms. The Bertz CT molecular complexity index is 1140. The average molecular weight is 428 g/mol. The van der Waals surface area contributed by atoms with Crippen LogP contribution in [0.2, 0.25) is 5.02 Å². The molecule has 0 aliphatic carbocycles.